The zero-order chi connectivity index (χ0) is 19.5. The number of ether oxygens (including phenoxy) is 1. The van der Waals surface area contributed by atoms with E-state index >= 15 is 0 Å². The van der Waals surface area contributed by atoms with Gasteiger partial charge in [0.2, 0.25) is 0 Å². The van der Waals surface area contributed by atoms with Gasteiger partial charge in [0.1, 0.15) is 5.76 Å². The number of hydrogen-bond acceptors (Lipinski definition) is 8. The fraction of sp³-hybridized carbons (Fsp3) is 0.684. The first-order valence-electron chi connectivity index (χ1n) is 9.86. The average Bonchev–Trinajstić information content (AvgIpc) is 3.45. The van der Waals surface area contributed by atoms with Crippen molar-refractivity contribution < 1.29 is 14.1 Å². The largest absolute Gasteiger partial charge is 0.370 e. The van der Waals surface area contributed by atoms with Gasteiger partial charge in [-0.05, 0) is 33.6 Å². The van der Waals surface area contributed by atoms with E-state index in [1.807, 2.05) is 20.8 Å². The second-order valence-electron chi connectivity index (χ2n) is 8.41. The summed E-state index contributed by atoms with van der Waals surface area (Å²) in [5, 5.41) is 7.16. The van der Waals surface area contributed by atoms with E-state index in [0.29, 0.717) is 29.8 Å². The van der Waals surface area contributed by atoms with Crippen molar-refractivity contribution in [1.82, 2.24) is 24.1 Å². The Morgan fingerprint density at radius 2 is 2.18 bits per heavy atom. The maximum atomic E-state index is 12.5. The molecule has 5 heterocycles. The van der Waals surface area contributed by atoms with Gasteiger partial charge in [-0.2, -0.15) is 8.75 Å². The number of aromatic nitrogens is 3. The molecule has 0 aromatic carbocycles. The molecule has 3 fully saturated rings. The Kier molecular flexibility index (Phi) is 4.29. The number of likely N-dealkylation sites (tertiary alicyclic amines) is 1. The predicted molar refractivity (Wildman–Crippen MR) is 102 cm³/mol. The lowest BCUT2D eigenvalue weighted by Crippen LogP contribution is -2.42. The molecule has 28 heavy (non-hydrogen) atoms. The smallest absolute Gasteiger partial charge is 0.272 e. The number of rotatable bonds is 5. The van der Waals surface area contributed by atoms with Crippen LogP contribution in [0.3, 0.4) is 0 Å². The van der Waals surface area contributed by atoms with E-state index in [1.54, 1.807) is 0 Å². The first-order valence-corrected chi connectivity index (χ1v) is 10.6. The molecule has 5 rings (SSSR count). The topological polar surface area (TPSA) is 93.4 Å². The molecule has 9 heteroatoms. The Labute approximate surface area is 167 Å². The number of hydrogen-bond donors (Lipinski definition) is 1. The Hall–Kier alpha value is -1.84. The number of nitrogens with zero attached hydrogens (tertiary/aromatic N) is 4. The van der Waals surface area contributed by atoms with Gasteiger partial charge in [0.05, 0.1) is 34.8 Å². The minimum absolute atomic E-state index is 0.0584. The number of amides is 1. The van der Waals surface area contributed by atoms with E-state index in [0.717, 1.165) is 55.7 Å². The maximum absolute atomic E-state index is 12.5. The van der Waals surface area contributed by atoms with Gasteiger partial charge in [-0.3, -0.25) is 9.69 Å². The van der Waals surface area contributed by atoms with Crippen molar-refractivity contribution >= 4 is 17.6 Å². The quantitative estimate of drug-likeness (QED) is 0.814. The number of fused-ring (bicyclic) bond motifs is 1. The van der Waals surface area contributed by atoms with Crippen molar-refractivity contribution in [2.45, 2.75) is 51.9 Å². The summed E-state index contributed by atoms with van der Waals surface area (Å²) in [6.07, 6.45) is 2.44. The fourth-order valence-electron chi connectivity index (χ4n) is 5.36. The van der Waals surface area contributed by atoms with Gasteiger partial charge in [-0.25, -0.2) is 0 Å². The molecule has 0 unspecified atom stereocenters. The summed E-state index contributed by atoms with van der Waals surface area (Å²) >= 11 is 1.08. The minimum atomic E-state index is -0.131. The standard InChI is InChI=1S/C19H25N5O3S/c1-10-14(12(3)27-21-10)7-24-8-15-13(16-4-5-19(15,9-24)26-16)6-20-18(25)17-11(2)22-28-23-17/h13,15-16H,4-9H2,1-3H3,(H,20,25)/t13-,15+,16+,19+/m0/s1. The second kappa shape index (κ2) is 6.60. The maximum Gasteiger partial charge on any atom is 0.272 e. The first kappa shape index (κ1) is 18.2. The van der Waals surface area contributed by atoms with Crippen LogP contribution in [0.1, 0.15) is 46.0 Å². The van der Waals surface area contributed by atoms with Gasteiger partial charge >= 0.3 is 0 Å². The van der Waals surface area contributed by atoms with Crippen LogP contribution in [-0.4, -0.2) is 56.1 Å². The highest BCUT2D eigenvalue weighted by atomic mass is 32.1. The van der Waals surface area contributed by atoms with Gasteiger partial charge in [0, 0.05) is 43.6 Å². The molecule has 0 aliphatic carbocycles. The third-order valence-corrected chi connectivity index (χ3v) is 7.40. The fourth-order valence-corrected chi connectivity index (χ4v) is 5.91. The molecule has 4 atom stereocenters. The van der Waals surface area contributed by atoms with E-state index in [9.17, 15) is 4.79 Å². The summed E-state index contributed by atoms with van der Waals surface area (Å²) in [6, 6.07) is 0. The molecule has 0 radical (unpaired) electrons. The van der Waals surface area contributed by atoms with Crippen LogP contribution in [0.15, 0.2) is 4.52 Å². The Balaban J connectivity index is 1.27. The van der Waals surface area contributed by atoms with Gasteiger partial charge in [-0.15, -0.1) is 0 Å². The minimum Gasteiger partial charge on any atom is -0.370 e. The summed E-state index contributed by atoms with van der Waals surface area (Å²) in [4.78, 5) is 14.9. The van der Waals surface area contributed by atoms with E-state index in [-0.39, 0.29) is 17.6 Å². The van der Waals surface area contributed by atoms with E-state index in [4.69, 9.17) is 9.26 Å². The molecule has 8 nitrogen and oxygen atoms in total. The lowest BCUT2D eigenvalue weighted by Gasteiger charge is -2.29. The number of nitrogens with one attached hydrogen (secondary N) is 1. The summed E-state index contributed by atoms with van der Waals surface area (Å²) in [5.41, 5.74) is 3.22. The van der Waals surface area contributed by atoms with Crippen LogP contribution in [-0.2, 0) is 11.3 Å². The van der Waals surface area contributed by atoms with Crippen molar-refractivity contribution in [3.05, 3.63) is 28.4 Å². The highest BCUT2D eigenvalue weighted by molar-refractivity contribution is 6.99. The lowest BCUT2D eigenvalue weighted by molar-refractivity contribution is 0.00207. The Morgan fingerprint density at radius 1 is 1.32 bits per heavy atom. The van der Waals surface area contributed by atoms with Crippen molar-refractivity contribution in [2.24, 2.45) is 11.8 Å². The van der Waals surface area contributed by atoms with Gasteiger partial charge < -0.3 is 14.6 Å². The Bertz CT molecular complexity index is 892. The highest BCUT2D eigenvalue weighted by Crippen LogP contribution is 2.54. The van der Waals surface area contributed by atoms with Crippen LogP contribution >= 0.6 is 11.7 Å². The van der Waals surface area contributed by atoms with Crippen LogP contribution in [0, 0.1) is 32.6 Å². The lowest BCUT2D eigenvalue weighted by atomic mass is 9.73. The van der Waals surface area contributed by atoms with Crippen molar-refractivity contribution in [1.29, 1.82) is 0 Å². The van der Waals surface area contributed by atoms with Gasteiger partial charge in [0.25, 0.3) is 5.91 Å². The summed E-state index contributed by atoms with van der Waals surface area (Å²) in [6.45, 7) is 9.19. The molecule has 2 aromatic heterocycles. The number of carbonyl (C=O) groups is 1. The van der Waals surface area contributed by atoms with Crippen LogP contribution in [0.25, 0.3) is 0 Å². The molecule has 2 bridgehead atoms. The monoisotopic (exact) mass is 403 g/mol. The molecular formula is C19H25N5O3S. The number of carbonyl (C=O) groups excluding carboxylic acids is 1. The molecule has 2 aromatic rings. The third-order valence-electron chi connectivity index (χ3n) is 6.78. The summed E-state index contributed by atoms with van der Waals surface area (Å²) < 4.78 is 20.0. The van der Waals surface area contributed by atoms with Crippen LogP contribution in [0.5, 0.6) is 0 Å². The molecular weight excluding hydrogens is 378 g/mol. The SMILES string of the molecule is Cc1nsnc1C(=O)NC[C@H]1[C@H]2CN(Cc3c(C)noc3C)C[C@]23CC[C@H]1O3. The zero-order valence-corrected chi connectivity index (χ0v) is 17.2. The molecule has 1 amide bonds. The molecule has 1 spiro atoms. The second-order valence-corrected chi connectivity index (χ2v) is 8.94. The predicted octanol–water partition coefficient (Wildman–Crippen LogP) is 1.86. The normalized spacial score (nSPS) is 31.5. The van der Waals surface area contributed by atoms with Gasteiger partial charge in [-0.1, -0.05) is 5.16 Å². The molecule has 1 N–H and O–H groups in total. The van der Waals surface area contributed by atoms with Crippen LogP contribution < -0.4 is 5.32 Å². The molecule has 150 valence electrons. The highest BCUT2D eigenvalue weighted by Gasteiger charge is 2.62. The zero-order valence-electron chi connectivity index (χ0n) is 16.4. The summed E-state index contributed by atoms with van der Waals surface area (Å²) in [7, 11) is 0. The molecule has 3 aliphatic rings. The van der Waals surface area contributed by atoms with E-state index in [2.05, 4.69) is 24.1 Å². The van der Waals surface area contributed by atoms with Crippen molar-refractivity contribution in [2.75, 3.05) is 19.6 Å². The van der Waals surface area contributed by atoms with E-state index in [1.165, 1.54) is 5.56 Å². The third kappa shape index (κ3) is 2.79. The molecule has 0 saturated carbocycles. The first-order chi connectivity index (χ1) is 13.5. The van der Waals surface area contributed by atoms with Gasteiger partial charge in [0.15, 0.2) is 5.69 Å². The summed E-state index contributed by atoms with van der Waals surface area (Å²) in [5.74, 6) is 1.56. The average molecular weight is 404 g/mol. The van der Waals surface area contributed by atoms with Crippen molar-refractivity contribution in [3.63, 3.8) is 0 Å². The molecule has 3 aliphatic heterocycles. The molecule has 3 saturated heterocycles. The Morgan fingerprint density at radius 3 is 2.89 bits per heavy atom. The van der Waals surface area contributed by atoms with E-state index < -0.39 is 0 Å². The van der Waals surface area contributed by atoms with Crippen LogP contribution in [0.4, 0.5) is 0 Å². The van der Waals surface area contributed by atoms with Crippen molar-refractivity contribution in [3.8, 4) is 0 Å². The van der Waals surface area contributed by atoms with Crippen LogP contribution in [0.2, 0.25) is 0 Å². The number of aryl methyl sites for hydroxylation is 3.